The summed E-state index contributed by atoms with van der Waals surface area (Å²) < 4.78 is 27.9. The molecule has 1 aliphatic rings. The van der Waals surface area contributed by atoms with E-state index in [4.69, 9.17) is 5.11 Å². The molecule has 0 atom stereocenters. The number of benzene rings is 1. The van der Waals surface area contributed by atoms with Crippen LogP contribution in [0, 0.1) is 17.6 Å². The average Bonchev–Trinajstić information content (AvgIpc) is 3.12. The third-order valence-electron chi connectivity index (χ3n) is 3.24. The lowest BCUT2D eigenvalue weighted by Gasteiger charge is -2.25. The molecular weight excluding hydrogens is 236 g/mol. The van der Waals surface area contributed by atoms with Gasteiger partial charge in [-0.1, -0.05) is 6.92 Å². The van der Waals surface area contributed by atoms with E-state index < -0.39 is 11.6 Å². The van der Waals surface area contributed by atoms with Gasteiger partial charge in [0.05, 0.1) is 6.61 Å². The monoisotopic (exact) mass is 255 g/mol. The highest BCUT2D eigenvalue weighted by Gasteiger charge is 2.27. The highest BCUT2D eigenvalue weighted by molar-refractivity contribution is 5.51. The summed E-state index contributed by atoms with van der Waals surface area (Å²) in [5.74, 6) is -0.575. The number of halogens is 2. The Morgan fingerprint density at radius 3 is 2.33 bits per heavy atom. The molecule has 4 heteroatoms. The Bertz CT molecular complexity index is 395. The molecule has 1 N–H and O–H groups in total. The maximum atomic E-state index is 13.9. The van der Waals surface area contributed by atoms with E-state index in [-0.39, 0.29) is 17.9 Å². The summed E-state index contributed by atoms with van der Waals surface area (Å²) in [5.41, 5.74) is 0.331. The van der Waals surface area contributed by atoms with Crippen LogP contribution in [0.2, 0.25) is 0 Å². The second kappa shape index (κ2) is 5.65. The molecule has 0 heterocycles. The van der Waals surface area contributed by atoms with Gasteiger partial charge in [0.1, 0.15) is 17.3 Å². The van der Waals surface area contributed by atoms with E-state index in [9.17, 15) is 8.78 Å². The lowest BCUT2D eigenvalue weighted by Crippen LogP contribution is -2.28. The van der Waals surface area contributed by atoms with Crippen LogP contribution in [0.25, 0.3) is 0 Å². The lowest BCUT2D eigenvalue weighted by atomic mass is 10.1. The van der Waals surface area contributed by atoms with Crippen molar-refractivity contribution in [1.29, 1.82) is 0 Å². The molecule has 0 bridgehead atoms. The first-order valence-corrected chi connectivity index (χ1v) is 6.49. The van der Waals surface area contributed by atoms with E-state index in [1.165, 1.54) is 12.1 Å². The molecule has 100 valence electrons. The second-order valence-electron chi connectivity index (χ2n) is 4.96. The predicted molar refractivity (Wildman–Crippen MR) is 67.5 cm³/mol. The molecule has 0 radical (unpaired) electrons. The number of rotatable bonds is 6. The van der Waals surface area contributed by atoms with Crippen LogP contribution in [-0.4, -0.2) is 18.2 Å². The summed E-state index contributed by atoms with van der Waals surface area (Å²) in [5, 5.41) is 8.93. The summed E-state index contributed by atoms with van der Waals surface area (Å²) in [6.45, 7) is 3.03. The zero-order chi connectivity index (χ0) is 13.1. The first-order chi connectivity index (χ1) is 8.65. The molecule has 0 amide bonds. The Kier molecular flexibility index (Phi) is 4.17. The Balaban J connectivity index is 2.27. The predicted octanol–water partition coefficient (Wildman–Crippen LogP) is 3.08. The summed E-state index contributed by atoms with van der Waals surface area (Å²) in [7, 11) is 0. The fraction of sp³-hybridized carbons (Fsp3) is 0.571. The minimum absolute atomic E-state index is 0.0564. The van der Waals surface area contributed by atoms with Gasteiger partial charge in [-0.05, 0) is 42.9 Å². The maximum Gasteiger partial charge on any atom is 0.149 e. The first kappa shape index (κ1) is 13.3. The van der Waals surface area contributed by atoms with Gasteiger partial charge in [-0.15, -0.1) is 0 Å². The highest BCUT2D eigenvalue weighted by atomic mass is 19.1. The van der Waals surface area contributed by atoms with Crippen LogP contribution in [0.1, 0.15) is 31.7 Å². The number of anilines is 1. The fourth-order valence-electron chi connectivity index (χ4n) is 2.19. The zero-order valence-electron chi connectivity index (χ0n) is 10.6. The molecule has 2 nitrogen and oxygen atoms in total. The van der Waals surface area contributed by atoms with Crippen LogP contribution in [0.4, 0.5) is 14.5 Å². The summed E-state index contributed by atoms with van der Waals surface area (Å²) in [6.07, 6.45) is 3.16. The molecule has 1 aliphatic carbocycles. The Labute approximate surface area is 106 Å². The van der Waals surface area contributed by atoms with Gasteiger partial charge in [0.15, 0.2) is 0 Å². The van der Waals surface area contributed by atoms with Crippen molar-refractivity contribution in [3.05, 3.63) is 29.3 Å². The first-order valence-electron chi connectivity index (χ1n) is 6.49. The molecule has 1 aromatic rings. The van der Waals surface area contributed by atoms with E-state index in [2.05, 4.69) is 0 Å². The second-order valence-corrected chi connectivity index (χ2v) is 4.96. The van der Waals surface area contributed by atoms with Gasteiger partial charge < -0.3 is 10.0 Å². The Morgan fingerprint density at radius 2 is 1.89 bits per heavy atom. The molecule has 18 heavy (non-hydrogen) atoms. The number of aliphatic hydroxyl groups excluding tert-OH is 1. The minimum atomic E-state index is -0.576. The molecule has 1 saturated carbocycles. The molecule has 0 spiro atoms. The topological polar surface area (TPSA) is 23.5 Å². The van der Waals surface area contributed by atoms with Gasteiger partial charge in [-0.2, -0.15) is 0 Å². The van der Waals surface area contributed by atoms with Crippen molar-refractivity contribution in [2.75, 3.05) is 18.0 Å². The van der Waals surface area contributed by atoms with Gasteiger partial charge in [-0.25, -0.2) is 8.78 Å². The van der Waals surface area contributed by atoms with Crippen LogP contribution < -0.4 is 4.90 Å². The molecule has 0 unspecified atom stereocenters. The van der Waals surface area contributed by atoms with Crippen molar-refractivity contribution in [2.45, 2.75) is 32.8 Å². The lowest BCUT2D eigenvalue weighted by molar-refractivity contribution is 0.280. The van der Waals surface area contributed by atoms with Crippen LogP contribution in [0.15, 0.2) is 12.1 Å². The van der Waals surface area contributed by atoms with Crippen molar-refractivity contribution in [3.8, 4) is 0 Å². The van der Waals surface area contributed by atoms with E-state index in [0.29, 0.717) is 12.5 Å². The minimum Gasteiger partial charge on any atom is -0.392 e. The summed E-state index contributed by atoms with van der Waals surface area (Å²) >= 11 is 0. The standard InChI is InChI=1S/C14H19F2NO/c1-2-5-17(8-10-3-4-10)14-12(15)6-11(9-18)7-13(14)16/h6-7,10,18H,2-5,8-9H2,1H3. The fourth-order valence-corrected chi connectivity index (χ4v) is 2.19. The normalized spacial score (nSPS) is 14.9. The van der Waals surface area contributed by atoms with E-state index in [1.54, 1.807) is 4.90 Å². The van der Waals surface area contributed by atoms with Crippen molar-refractivity contribution in [1.82, 2.24) is 0 Å². The van der Waals surface area contributed by atoms with Gasteiger partial charge in [0.2, 0.25) is 0 Å². The third kappa shape index (κ3) is 2.99. The van der Waals surface area contributed by atoms with Crippen LogP contribution in [0.3, 0.4) is 0 Å². The van der Waals surface area contributed by atoms with Gasteiger partial charge in [-0.3, -0.25) is 0 Å². The van der Waals surface area contributed by atoms with E-state index in [1.807, 2.05) is 6.92 Å². The average molecular weight is 255 g/mol. The smallest absolute Gasteiger partial charge is 0.149 e. The van der Waals surface area contributed by atoms with Crippen molar-refractivity contribution >= 4 is 5.69 Å². The van der Waals surface area contributed by atoms with Crippen LogP contribution in [0.5, 0.6) is 0 Å². The van der Waals surface area contributed by atoms with Gasteiger partial charge >= 0.3 is 0 Å². The quantitative estimate of drug-likeness (QED) is 0.844. The van der Waals surface area contributed by atoms with Crippen molar-refractivity contribution in [3.63, 3.8) is 0 Å². The van der Waals surface area contributed by atoms with E-state index in [0.717, 1.165) is 25.8 Å². The SMILES string of the molecule is CCCN(CC1CC1)c1c(F)cc(CO)cc1F. The van der Waals surface area contributed by atoms with Crippen molar-refractivity contribution in [2.24, 2.45) is 5.92 Å². The van der Waals surface area contributed by atoms with Crippen LogP contribution in [-0.2, 0) is 6.61 Å². The largest absolute Gasteiger partial charge is 0.392 e. The van der Waals surface area contributed by atoms with Crippen molar-refractivity contribution < 1.29 is 13.9 Å². The Hall–Kier alpha value is -1.16. The molecule has 1 fully saturated rings. The maximum absolute atomic E-state index is 13.9. The molecule has 0 saturated heterocycles. The molecule has 1 aromatic carbocycles. The molecule has 0 aliphatic heterocycles. The van der Waals surface area contributed by atoms with Gasteiger partial charge in [0.25, 0.3) is 0 Å². The zero-order valence-corrected chi connectivity index (χ0v) is 10.6. The number of nitrogens with zero attached hydrogens (tertiary/aromatic N) is 1. The summed E-state index contributed by atoms with van der Waals surface area (Å²) in [6, 6.07) is 2.43. The van der Waals surface area contributed by atoms with Crippen LogP contribution >= 0.6 is 0 Å². The Morgan fingerprint density at radius 1 is 1.28 bits per heavy atom. The number of hydrogen-bond acceptors (Lipinski definition) is 2. The summed E-state index contributed by atoms with van der Waals surface area (Å²) in [4.78, 5) is 1.80. The molecule has 0 aromatic heterocycles. The molecule has 2 rings (SSSR count). The van der Waals surface area contributed by atoms with E-state index >= 15 is 0 Å². The molecular formula is C14H19F2NO. The number of aliphatic hydroxyl groups is 1. The number of hydrogen-bond donors (Lipinski definition) is 1. The van der Waals surface area contributed by atoms with Gasteiger partial charge in [0, 0.05) is 13.1 Å². The highest BCUT2D eigenvalue weighted by Crippen LogP contribution is 2.33. The third-order valence-corrected chi connectivity index (χ3v) is 3.24.